The Labute approximate surface area is 154 Å². The number of hydrogen-bond acceptors (Lipinski definition) is 5. The van der Waals surface area contributed by atoms with Crippen molar-refractivity contribution in [3.8, 4) is 6.07 Å². The fourth-order valence-electron chi connectivity index (χ4n) is 2.32. The Hall–Kier alpha value is -3.07. The minimum Gasteiger partial charge on any atom is -0.444 e. The summed E-state index contributed by atoms with van der Waals surface area (Å²) in [4.78, 5) is 15.9. The molecule has 0 bridgehead atoms. The molecule has 0 radical (unpaired) electrons. The molecule has 0 saturated carbocycles. The Morgan fingerprint density at radius 3 is 2.62 bits per heavy atom. The molecule has 1 heterocycles. The van der Waals surface area contributed by atoms with Crippen LogP contribution >= 0.6 is 0 Å². The number of amides is 1. The average Bonchev–Trinajstić information content (AvgIpc) is 2.56. The van der Waals surface area contributed by atoms with Crippen LogP contribution < -0.4 is 10.6 Å². The summed E-state index contributed by atoms with van der Waals surface area (Å²) < 4.78 is 5.21. The molecule has 0 fully saturated rings. The van der Waals surface area contributed by atoms with Crippen molar-refractivity contribution in [3.63, 3.8) is 0 Å². The number of anilines is 2. The van der Waals surface area contributed by atoms with Gasteiger partial charge in [-0.05, 0) is 63.4 Å². The van der Waals surface area contributed by atoms with E-state index in [9.17, 15) is 4.79 Å². The van der Waals surface area contributed by atoms with Crippen LogP contribution in [-0.4, -0.2) is 23.2 Å². The van der Waals surface area contributed by atoms with Gasteiger partial charge in [0.2, 0.25) is 0 Å². The van der Waals surface area contributed by atoms with E-state index in [2.05, 4.69) is 21.7 Å². The number of ether oxygens (including phenoxy) is 1. The van der Waals surface area contributed by atoms with Crippen molar-refractivity contribution in [2.45, 2.75) is 39.7 Å². The number of aromatic nitrogens is 1. The van der Waals surface area contributed by atoms with E-state index in [-0.39, 0.29) is 0 Å². The third kappa shape index (κ3) is 6.10. The highest BCUT2D eigenvalue weighted by Crippen LogP contribution is 2.20. The Balaban J connectivity index is 1.90. The van der Waals surface area contributed by atoms with E-state index < -0.39 is 11.7 Å². The first-order valence-electron chi connectivity index (χ1n) is 8.46. The largest absolute Gasteiger partial charge is 0.444 e. The van der Waals surface area contributed by atoms with Gasteiger partial charge in [0.1, 0.15) is 17.5 Å². The summed E-state index contributed by atoms with van der Waals surface area (Å²) >= 11 is 0. The number of benzene rings is 1. The molecule has 2 aromatic rings. The monoisotopic (exact) mass is 352 g/mol. The molecular weight excluding hydrogens is 328 g/mol. The summed E-state index contributed by atoms with van der Waals surface area (Å²) in [5.41, 5.74) is 3.18. The van der Waals surface area contributed by atoms with Gasteiger partial charge in [-0.25, -0.2) is 9.78 Å². The lowest BCUT2D eigenvalue weighted by molar-refractivity contribution is 0.0528. The van der Waals surface area contributed by atoms with E-state index in [0.29, 0.717) is 17.9 Å². The predicted molar refractivity (Wildman–Crippen MR) is 101 cm³/mol. The van der Waals surface area contributed by atoms with Gasteiger partial charge in [0, 0.05) is 18.4 Å². The van der Waals surface area contributed by atoms with E-state index in [0.717, 1.165) is 23.2 Å². The van der Waals surface area contributed by atoms with Gasteiger partial charge in [0.15, 0.2) is 0 Å². The van der Waals surface area contributed by atoms with E-state index in [1.165, 1.54) is 6.20 Å². The zero-order chi connectivity index (χ0) is 19.2. The van der Waals surface area contributed by atoms with Gasteiger partial charge in [0.25, 0.3) is 0 Å². The zero-order valence-corrected chi connectivity index (χ0v) is 15.6. The Bertz CT molecular complexity index is 802. The zero-order valence-electron chi connectivity index (χ0n) is 15.6. The van der Waals surface area contributed by atoms with Crippen molar-refractivity contribution in [1.29, 1.82) is 5.26 Å². The second kappa shape index (κ2) is 8.34. The maximum absolute atomic E-state index is 11.6. The molecule has 6 nitrogen and oxygen atoms in total. The number of nitrogens with one attached hydrogen (secondary N) is 2. The maximum atomic E-state index is 11.6. The van der Waals surface area contributed by atoms with Crippen LogP contribution in [0.25, 0.3) is 0 Å². The second-order valence-corrected chi connectivity index (χ2v) is 7.00. The van der Waals surface area contributed by atoms with Gasteiger partial charge in [-0.1, -0.05) is 12.1 Å². The van der Waals surface area contributed by atoms with Crippen LogP contribution in [0.3, 0.4) is 0 Å². The molecule has 2 rings (SSSR count). The highest BCUT2D eigenvalue weighted by atomic mass is 16.6. The van der Waals surface area contributed by atoms with Crippen LogP contribution in [0.15, 0.2) is 36.5 Å². The van der Waals surface area contributed by atoms with Crippen LogP contribution in [0.1, 0.15) is 37.5 Å². The maximum Gasteiger partial charge on any atom is 0.407 e. The van der Waals surface area contributed by atoms with E-state index in [1.54, 1.807) is 12.1 Å². The molecule has 0 unspecified atom stereocenters. The first-order valence-corrected chi connectivity index (χ1v) is 8.46. The fourth-order valence-corrected chi connectivity index (χ4v) is 2.32. The first kappa shape index (κ1) is 19.3. The van der Waals surface area contributed by atoms with Gasteiger partial charge >= 0.3 is 6.09 Å². The molecule has 0 aliphatic heterocycles. The first-order chi connectivity index (χ1) is 12.3. The molecule has 0 saturated heterocycles. The Morgan fingerprint density at radius 2 is 2.04 bits per heavy atom. The van der Waals surface area contributed by atoms with E-state index in [1.807, 2.05) is 45.9 Å². The van der Waals surface area contributed by atoms with Crippen LogP contribution in [0, 0.1) is 18.3 Å². The molecule has 0 aliphatic rings. The summed E-state index contributed by atoms with van der Waals surface area (Å²) in [7, 11) is 0. The molecule has 26 heavy (non-hydrogen) atoms. The second-order valence-electron chi connectivity index (χ2n) is 7.00. The fraction of sp³-hybridized carbons (Fsp3) is 0.350. The topological polar surface area (TPSA) is 87.0 Å². The predicted octanol–water partition coefficient (Wildman–Crippen LogP) is 4.07. The number of carbonyl (C=O) groups is 1. The van der Waals surface area contributed by atoms with E-state index >= 15 is 0 Å². The van der Waals surface area contributed by atoms with Crippen LogP contribution in [-0.2, 0) is 11.2 Å². The Morgan fingerprint density at radius 1 is 1.27 bits per heavy atom. The molecule has 1 aromatic carbocycles. The summed E-state index contributed by atoms with van der Waals surface area (Å²) in [6.07, 6.45) is 1.85. The van der Waals surface area contributed by atoms with Crippen molar-refractivity contribution in [1.82, 2.24) is 10.3 Å². The highest BCUT2D eigenvalue weighted by Gasteiger charge is 2.15. The third-order valence-electron chi connectivity index (χ3n) is 3.53. The van der Waals surface area contributed by atoms with E-state index in [4.69, 9.17) is 10.00 Å². The highest BCUT2D eigenvalue weighted by molar-refractivity contribution is 5.67. The van der Waals surface area contributed by atoms with Gasteiger partial charge in [-0.3, -0.25) is 0 Å². The number of rotatable bonds is 5. The molecule has 0 atom stereocenters. The van der Waals surface area contributed by atoms with Crippen molar-refractivity contribution < 1.29 is 9.53 Å². The minimum absolute atomic E-state index is 0.403. The van der Waals surface area contributed by atoms with Crippen LogP contribution in [0.2, 0.25) is 0 Å². The quantitative estimate of drug-likeness (QED) is 0.847. The van der Waals surface area contributed by atoms with Crippen molar-refractivity contribution in [2.75, 3.05) is 11.9 Å². The number of pyridine rings is 1. The number of nitrogens with zero attached hydrogens (tertiary/aromatic N) is 2. The summed E-state index contributed by atoms with van der Waals surface area (Å²) in [5, 5.41) is 14.8. The molecule has 136 valence electrons. The summed E-state index contributed by atoms with van der Waals surface area (Å²) in [6, 6.07) is 11.6. The number of carbonyl (C=O) groups excluding carboxylic acids is 1. The number of aryl methyl sites for hydroxylation is 1. The smallest absolute Gasteiger partial charge is 0.407 e. The lowest BCUT2D eigenvalue weighted by Crippen LogP contribution is -2.33. The number of nitriles is 1. The summed E-state index contributed by atoms with van der Waals surface area (Å²) in [6.45, 7) is 8.04. The standard InChI is InChI=1S/C20H24N4O2/c1-14-11-15(9-10-22-19(25)26-20(2,3)4)5-7-17(14)24-18-8-6-16(12-21)13-23-18/h5-8,11,13H,9-10H2,1-4H3,(H,22,25)(H,23,24). The minimum atomic E-state index is -0.493. The Kier molecular flexibility index (Phi) is 6.18. The van der Waals surface area contributed by atoms with Crippen molar-refractivity contribution in [3.05, 3.63) is 53.2 Å². The lowest BCUT2D eigenvalue weighted by atomic mass is 10.1. The number of hydrogen-bond donors (Lipinski definition) is 2. The van der Waals surface area contributed by atoms with Crippen LogP contribution in [0.5, 0.6) is 0 Å². The number of alkyl carbamates (subject to hydrolysis) is 1. The van der Waals surface area contributed by atoms with Gasteiger partial charge in [-0.15, -0.1) is 0 Å². The van der Waals surface area contributed by atoms with Crippen LogP contribution in [0.4, 0.5) is 16.3 Å². The molecule has 0 aliphatic carbocycles. The lowest BCUT2D eigenvalue weighted by Gasteiger charge is -2.19. The van der Waals surface area contributed by atoms with Crippen molar-refractivity contribution in [2.24, 2.45) is 0 Å². The third-order valence-corrected chi connectivity index (χ3v) is 3.53. The molecule has 1 amide bonds. The molecule has 1 aromatic heterocycles. The summed E-state index contributed by atoms with van der Waals surface area (Å²) in [5.74, 6) is 0.687. The van der Waals surface area contributed by atoms with Crippen molar-refractivity contribution >= 4 is 17.6 Å². The van der Waals surface area contributed by atoms with Gasteiger partial charge < -0.3 is 15.4 Å². The van der Waals surface area contributed by atoms with Gasteiger partial charge in [0.05, 0.1) is 5.56 Å². The average molecular weight is 352 g/mol. The van der Waals surface area contributed by atoms with Gasteiger partial charge in [-0.2, -0.15) is 5.26 Å². The molecular formula is C20H24N4O2. The molecule has 2 N–H and O–H groups in total. The SMILES string of the molecule is Cc1cc(CCNC(=O)OC(C)(C)C)ccc1Nc1ccc(C#N)cn1. The molecule has 6 heteroatoms. The molecule has 0 spiro atoms. The normalized spacial score (nSPS) is 10.7.